The second-order valence-corrected chi connectivity index (χ2v) is 9.82. The van der Waals surface area contributed by atoms with Gasteiger partial charge in [0.25, 0.3) is 0 Å². The normalized spacial score (nSPS) is 14.8. The highest BCUT2D eigenvalue weighted by atomic mass is 32.2. The van der Waals surface area contributed by atoms with E-state index in [9.17, 15) is 8.42 Å². The van der Waals surface area contributed by atoms with Gasteiger partial charge in [-0.2, -0.15) is 0 Å². The zero-order valence-corrected chi connectivity index (χ0v) is 17.4. The first-order chi connectivity index (χ1) is 11.5. The van der Waals surface area contributed by atoms with Crippen LogP contribution in [0.3, 0.4) is 0 Å². The first-order valence-electron chi connectivity index (χ1n) is 8.99. The van der Waals surface area contributed by atoms with Gasteiger partial charge < -0.3 is 0 Å². The first-order valence-corrected chi connectivity index (χ1v) is 10.5. The molecule has 1 aliphatic rings. The van der Waals surface area contributed by atoms with Crippen molar-refractivity contribution in [1.82, 2.24) is 0 Å². The number of benzene rings is 2. The average Bonchev–Trinajstić information content (AvgIpc) is 2.75. The third-order valence-corrected chi connectivity index (χ3v) is 7.89. The first kappa shape index (κ1) is 18.2. The van der Waals surface area contributed by atoms with Gasteiger partial charge in [0.1, 0.15) is 0 Å². The van der Waals surface area contributed by atoms with Crippen LogP contribution in [0.25, 0.3) is 11.1 Å². The van der Waals surface area contributed by atoms with Crippen LogP contribution in [0.4, 0.5) is 0 Å². The van der Waals surface area contributed by atoms with E-state index in [2.05, 4.69) is 33.8 Å². The largest absolute Gasteiger partial charge is 0.218 e. The molecule has 0 saturated heterocycles. The van der Waals surface area contributed by atoms with Gasteiger partial charge in [0, 0.05) is 11.1 Å². The highest BCUT2D eigenvalue weighted by molar-refractivity contribution is 7.92. The molecule has 134 valence electrons. The smallest absolute Gasteiger partial charge is 0.208 e. The molecule has 1 heterocycles. The van der Waals surface area contributed by atoms with E-state index in [1.165, 1.54) is 5.56 Å². The van der Waals surface area contributed by atoms with Crippen molar-refractivity contribution in [3.05, 3.63) is 45.0 Å². The zero-order chi connectivity index (χ0) is 18.8. The molecule has 0 bridgehead atoms. The quantitative estimate of drug-likeness (QED) is 0.603. The molecule has 2 aromatic carbocycles. The topological polar surface area (TPSA) is 34.1 Å². The Labute approximate surface area is 152 Å². The monoisotopic (exact) mass is 356 g/mol. The molecule has 2 aromatic rings. The van der Waals surface area contributed by atoms with Gasteiger partial charge in [-0.15, -0.1) is 0 Å². The summed E-state index contributed by atoms with van der Waals surface area (Å²) in [7, 11) is -3.46. The third-order valence-electron chi connectivity index (χ3n) is 5.80. The molecule has 0 atom stereocenters. The number of sulfone groups is 1. The van der Waals surface area contributed by atoms with E-state index in [0.29, 0.717) is 15.7 Å². The standard InChI is InChI=1S/C22H28O2S/c1-11(2)9-18-15(6)16(7)22-20(17(18)8)19-13(4)10-12(3)14(5)21(19)25(22,23)24/h10-11H,9H2,1-8H3. The summed E-state index contributed by atoms with van der Waals surface area (Å²) in [5, 5.41) is 0. The van der Waals surface area contributed by atoms with E-state index >= 15 is 0 Å². The van der Waals surface area contributed by atoms with E-state index in [-0.39, 0.29) is 0 Å². The van der Waals surface area contributed by atoms with Crippen molar-refractivity contribution in [3.63, 3.8) is 0 Å². The Morgan fingerprint density at radius 2 is 1.32 bits per heavy atom. The van der Waals surface area contributed by atoms with Crippen LogP contribution in [0.1, 0.15) is 52.8 Å². The molecule has 0 radical (unpaired) electrons. The van der Waals surface area contributed by atoms with E-state index in [1.54, 1.807) is 0 Å². The lowest BCUT2D eigenvalue weighted by atomic mass is 9.84. The van der Waals surface area contributed by atoms with Crippen LogP contribution in [0.2, 0.25) is 0 Å². The van der Waals surface area contributed by atoms with Gasteiger partial charge in [0.05, 0.1) is 9.79 Å². The second kappa shape index (κ2) is 5.70. The van der Waals surface area contributed by atoms with Crippen LogP contribution >= 0.6 is 0 Å². The molecule has 3 rings (SSSR count). The van der Waals surface area contributed by atoms with Crippen molar-refractivity contribution in [2.45, 2.75) is 71.6 Å². The summed E-state index contributed by atoms with van der Waals surface area (Å²) >= 11 is 0. The fourth-order valence-corrected chi connectivity index (χ4v) is 6.72. The van der Waals surface area contributed by atoms with Gasteiger partial charge >= 0.3 is 0 Å². The maximum absolute atomic E-state index is 13.5. The maximum Gasteiger partial charge on any atom is 0.208 e. The second-order valence-electron chi connectivity index (χ2n) is 8.00. The fraction of sp³-hybridized carbons (Fsp3) is 0.455. The van der Waals surface area contributed by atoms with Gasteiger partial charge in [0.15, 0.2) is 0 Å². The molecule has 0 unspecified atom stereocenters. The molecule has 0 N–H and O–H groups in total. The van der Waals surface area contributed by atoms with Gasteiger partial charge in [-0.3, -0.25) is 0 Å². The van der Waals surface area contributed by atoms with Crippen molar-refractivity contribution in [3.8, 4) is 11.1 Å². The van der Waals surface area contributed by atoms with Crippen molar-refractivity contribution >= 4 is 9.84 Å². The van der Waals surface area contributed by atoms with E-state index < -0.39 is 9.84 Å². The van der Waals surface area contributed by atoms with Crippen molar-refractivity contribution in [2.24, 2.45) is 5.92 Å². The summed E-state index contributed by atoms with van der Waals surface area (Å²) in [5.74, 6) is 0.535. The molecule has 0 amide bonds. The Morgan fingerprint density at radius 1 is 0.760 bits per heavy atom. The van der Waals surface area contributed by atoms with E-state index in [0.717, 1.165) is 50.9 Å². The summed E-state index contributed by atoms with van der Waals surface area (Å²) < 4.78 is 26.9. The summed E-state index contributed by atoms with van der Waals surface area (Å²) in [6, 6.07) is 2.12. The summed E-state index contributed by atoms with van der Waals surface area (Å²) in [6.07, 6.45) is 0.977. The SMILES string of the molecule is Cc1cc(C)c2c(c1C)S(=O)(=O)c1c(C)c(C)c(CC(C)C)c(C)c1-2. The molecule has 25 heavy (non-hydrogen) atoms. The predicted octanol–water partition coefficient (Wildman–Crippen LogP) is 5.55. The van der Waals surface area contributed by atoms with Crippen LogP contribution in [0, 0.1) is 47.5 Å². The molecule has 0 fully saturated rings. The number of hydrogen-bond donors (Lipinski definition) is 0. The molecule has 0 aromatic heterocycles. The highest BCUT2D eigenvalue weighted by Crippen LogP contribution is 2.51. The van der Waals surface area contributed by atoms with E-state index in [4.69, 9.17) is 0 Å². The minimum atomic E-state index is -3.46. The van der Waals surface area contributed by atoms with Gasteiger partial charge in [-0.1, -0.05) is 19.9 Å². The predicted molar refractivity (Wildman–Crippen MR) is 104 cm³/mol. The van der Waals surface area contributed by atoms with Gasteiger partial charge in [0.2, 0.25) is 9.84 Å². The van der Waals surface area contributed by atoms with Crippen LogP contribution in [0.15, 0.2) is 15.9 Å². The zero-order valence-electron chi connectivity index (χ0n) is 16.6. The van der Waals surface area contributed by atoms with E-state index in [1.807, 2.05) is 27.7 Å². The van der Waals surface area contributed by atoms with Crippen molar-refractivity contribution in [1.29, 1.82) is 0 Å². The van der Waals surface area contributed by atoms with Crippen LogP contribution in [-0.4, -0.2) is 8.42 Å². The molecular formula is C22H28O2S. The Hall–Kier alpha value is -1.61. The molecule has 1 aliphatic heterocycles. The Morgan fingerprint density at radius 3 is 1.88 bits per heavy atom. The summed E-state index contributed by atoms with van der Waals surface area (Å²) in [6.45, 7) is 16.5. The number of hydrogen-bond acceptors (Lipinski definition) is 2. The number of fused-ring (bicyclic) bond motifs is 3. The molecule has 0 saturated carbocycles. The van der Waals surface area contributed by atoms with Gasteiger partial charge in [-0.25, -0.2) is 8.42 Å². The van der Waals surface area contributed by atoms with Crippen molar-refractivity contribution < 1.29 is 8.42 Å². The lowest BCUT2D eigenvalue weighted by molar-refractivity contribution is 0.597. The average molecular weight is 357 g/mol. The Balaban J connectivity index is 2.55. The minimum absolute atomic E-state index is 0.535. The third kappa shape index (κ3) is 2.39. The molecular weight excluding hydrogens is 328 g/mol. The fourth-order valence-electron chi connectivity index (χ4n) is 4.34. The summed E-state index contributed by atoms with van der Waals surface area (Å²) in [5.41, 5.74) is 9.38. The molecule has 3 heteroatoms. The van der Waals surface area contributed by atoms with Crippen LogP contribution in [0.5, 0.6) is 0 Å². The molecule has 0 spiro atoms. The van der Waals surface area contributed by atoms with Crippen molar-refractivity contribution in [2.75, 3.05) is 0 Å². The molecule has 2 nitrogen and oxygen atoms in total. The highest BCUT2D eigenvalue weighted by Gasteiger charge is 2.39. The lowest BCUT2D eigenvalue weighted by Crippen LogP contribution is -2.07. The number of aryl methyl sites for hydroxylation is 2. The minimum Gasteiger partial charge on any atom is -0.218 e. The molecule has 0 aliphatic carbocycles. The van der Waals surface area contributed by atoms with Gasteiger partial charge in [-0.05, 0) is 92.8 Å². The maximum atomic E-state index is 13.5. The van der Waals surface area contributed by atoms with Crippen LogP contribution < -0.4 is 0 Å². The number of rotatable bonds is 2. The Kier molecular flexibility index (Phi) is 4.15. The summed E-state index contributed by atoms with van der Waals surface area (Å²) in [4.78, 5) is 1.08. The Bertz CT molecular complexity index is 1010. The lowest BCUT2D eigenvalue weighted by Gasteiger charge is -2.20. The van der Waals surface area contributed by atoms with Crippen LogP contribution in [-0.2, 0) is 16.3 Å².